The number of anilines is 1. The Bertz CT molecular complexity index is 479. The van der Waals surface area contributed by atoms with E-state index in [0.717, 1.165) is 31.9 Å². The Balaban J connectivity index is 1.74. The van der Waals surface area contributed by atoms with Gasteiger partial charge in [0.1, 0.15) is 0 Å². The Hall–Kier alpha value is -1.82. The number of hydrogen-bond donors (Lipinski definition) is 1. The summed E-state index contributed by atoms with van der Waals surface area (Å²) in [4.78, 5) is 8.39. The number of aromatic nitrogens is 4. The summed E-state index contributed by atoms with van der Waals surface area (Å²) in [5.74, 6) is 0.914. The fourth-order valence-corrected chi connectivity index (χ4v) is 2.14. The second kappa shape index (κ2) is 7.69. The number of unbranched alkanes of at least 4 members (excludes halogenated alkanes) is 1. The van der Waals surface area contributed by atoms with Crippen LogP contribution >= 0.6 is 0 Å². The van der Waals surface area contributed by atoms with Crippen LogP contribution < -0.4 is 5.32 Å². The van der Waals surface area contributed by atoms with Gasteiger partial charge in [-0.15, -0.1) is 0 Å². The summed E-state index contributed by atoms with van der Waals surface area (Å²) in [7, 11) is 1.71. The number of nitrogens with one attached hydrogen (secondary N) is 1. The summed E-state index contributed by atoms with van der Waals surface area (Å²) < 4.78 is 9.38. The molecule has 0 aliphatic rings. The first-order chi connectivity index (χ1) is 9.79. The SMILES string of the molecule is COCC(C)Nc1nccn1CCCCn1ccnc1. The molecular formula is C14H23N5O. The van der Waals surface area contributed by atoms with Crippen molar-refractivity contribution < 1.29 is 4.74 Å². The van der Waals surface area contributed by atoms with E-state index in [2.05, 4.69) is 31.3 Å². The van der Waals surface area contributed by atoms with Gasteiger partial charge in [0.05, 0.1) is 12.9 Å². The van der Waals surface area contributed by atoms with Crippen LogP contribution in [0.3, 0.4) is 0 Å². The molecule has 0 spiro atoms. The van der Waals surface area contributed by atoms with Crippen molar-refractivity contribution in [2.24, 2.45) is 0 Å². The van der Waals surface area contributed by atoms with Crippen LogP contribution in [0.15, 0.2) is 31.1 Å². The van der Waals surface area contributed by atoms with Gasteiger partial charge in [0.15, 0.2) is 0 Å². The van der Waals surface area contributed by atoms with Crippen molar-refractivity contribution in [3.63, 3.8) is 0 Å². The van der Waals surface area contributed by atoms with Crippen LogP contribution in [0.5, 0.6) is 0 Å². The highest BCUT2D eigenvalue weighted by molar-refractivity contribution is 5.27. The lowest BCUT2D eigenvalue weighted by molar-refractivity contribution is 0.190. The van der Waals surface area contributed by atoms with Crippen molar-refractivity contribution in [3.8, 4) is 0 Å². The third-order valence-electron chi connectivity index (χ3n) is 3.13. The monoisotopic (exact) mass is 277 g/mol. The van der Waals surface area contributed by atoms with Crippen LogP contribution in [0.1, 0.15) is 19.8 Å². The van der Waals surface area contributed by atoms with E-state index in [9.17, 15) is 0 Å². The highest BCUT2D eigenvalue weighted by atomic mass is 16.5. The fraction of sp³-hybridized carbons (Fsp3) is 0.571. The summed E-state index contributed by atoms with van der Waals surface area (Å²) in [6.45, 7) is 4.74. The molecule has 0 aliphatic heterocycles. The lowest BCUT2D eigenvalue weighted by Gasteiger charge is -2.15. The zero-order chi connectivity index (χ0) is 14.2. The number of imidazole rings is 2. The maximum absolute atomic E-state index is 5.12. The number of ether oxygens (including phenoxy) is 1. The maximum atomic E-state index is 5.12. The molecule has 0 bridgehead atoms. The molecule has 0 radical (unpaired) electrons. The van der Waals surface area contributed by atoms with Gasteiger partial charge in [0.2, 0.25) is 5.95 Å². The fourth-order valence-electron chi connectivity index (χ4n) is 2.14. The Labute approximate surface area is 119 Å². The van der Waals surface area contributed by atoms with E-state index in [1.807, 2.05) is 31.1 Å². The van der Waals surface area contributed by atoms with E-state index in [-0.39, 0.29) is 6.04 Å². The van der Waals surface area contributed by atoms with E-state index < -0.39 is 0 Å². The number of aryl methyl sites for hydroxylation is 2. The van der Waals surface area contributed by atoms with Gasteiger partial charge < -0.3 is 19.2 Å². The summed E-state index contributed by atoms with van der Waals surface area (Å²) in [5.41, 5.74) is 0. The van der Waals surface area contributed by atoms with Crippen molar-refractivity contribution in [3.05, 3.63) is 31.1 Å². The summed E-state index contributed by atoms with van der Waals surface area (Å²) in [6.07, 6.45) is 11.8. The first kappa shape index (κ1) is 14.6. The van der Waals surface area contributed by atoms with Crippen LogP contribution in [0.25, 0.3) is 0 Å². The zero-order valence-corrected chi connectivity index (χ0v) is 12.2. The number of rotatable bonds is 9. The van der Waals surface area contributed by atoms with Gasteiger partial charge in [0.25, 0.3) is 0 Å². The molecule has 0 saturated heterocycles. The van der Waals surface area contributed by atoms with Gasteiger partial charge in [-0.05, 0) is 19.8 Å². The Morgan fingerprint density at radius 1 is 1.25 bits per heavy atom. The minimum atomic E-state index is 0.257. The van der Waals surface area contributed by atoms with Crippen molar-refractivity contribution in [1.29, 1.82) is 0 Å². The second-order valence-electron chi connectivity index (χ2n) is 4.95. The summed E-state index contributed by atoms with van der Waals surface area (Å²) >= 11 is 0. The van der Waals surface area contributed by atoms with Crippen LogP contribution in [-0.2, 0) is 17.8 Å². The average Bonchev–Trinajstić information content (AvgIpc) is 3.07. The van der Waals surface area contributed by atoms with Crippen LogP contribution in [0.4, 0.5) is 5.95 Å². The topological polar surface area (TPSA) is 56.9 Å². The molecule has 2 aromatic heterocycles. The molecule has 6 nitrogen and oxygen atoms in total. The number of hydrogen-bond acceptors (Lipinski definition) is 4. The first-order valence-corrected chi connectivity index (χ1v) is 7.02. The Morgan fingerprint density at radius 2 is 2.10 bits per heavy atom. The quantitative estimate of drug-likeness (QED) is 0.712. The van der Waals surface area contributed by atoms with E-state index in [0.29, 0.717) is 6.61 Å². The molecule has 0 amide bonds. The maximum Gasteiger partial charge on any atom is 0.203 e. The predicted molar refractivity (Wildman–Crippen MR) is 78.6 cm³/mol. The van der Waals surface area contributed by atoms with E-state index in [1.54, 1.807) is 7.11 Å². The molecule has 20 heavy (non-hydrogen) atoms. The van der Waals surface area contributed by atoms with Gasteiger partial charge >= 0.3 is 0 Å². The minimum absolute atomic E-state index is 0.257. The minimum Gasteiger partial charge on any atom is -0.383 e. The van der Waals surface area contributed by atoms with Gasteiger partial charge in [-0.25, -0.2) is 9.97 Å². The zero-order valence-electron chi connectivity index (χ0n) is 12.2. The molecule has 2 rings (SSSR count). The second-order valence-corrected chi connectivity index (χ2v) is 4.95. The molecule has 110 valence electrons. The highest BCUT2D eigenvalue weighted by Crippen LogP contribution is 2.08. The van der Waals surface area contributed by atoms with Crippen molar-refractivity contribution in [1.82, 2.24) is 19.1 Å². The molecule has 2 aromatic rings. The smallest absolute Gasteiger partial charge is 0.203 e. The average molecular weight is 277 g/mol. The molecular weight excluding hydrogens is 254 g/mol. The van der Waals surface area contributed by atoms with E-state index in [1.165, 1.54) is 0 Å². The third kappa shape index (κ3) is 4.38. The van der Waals surface area contributed by atoms with Gasteiger partial charge in [-0.3, -0.25) is 0 Å². The predicted octanol–water partition coefficient (Wildman–Crippen LogP) is 2.01. The van der Waals surface area contributed by atoms with E-state index in [4.69, 9.17) is 4.74 Å². The lowest BCUT2D eigenvalue weighted by Crippen LogP contribution is -2.23. The van der Waals surface area contributed by atoms with Gasteiger partial charge in [-0.2, -0.15) is 0 Å². The van der Waals surface area contributed by atoms with Crippen molar-refractivity contribution >= 4 is 5.95 Å². The molecule has 0 aromatic carbocycles. The first-order valence-electron chi connectivity index (χ1n) is 7.02. The van der Waals surface area contributed by atoms with Crippen molar-refractivity contribution in [2.45, 2.75) is 38.9 Å². The standard InChI is InChI=1S/C14H23N5O/c1-13(11-20-2)17-14-16-6-10-19(14)8-4-3-7-18-9-5-15-12-18/h5-6,9-10,12-13H,3-4,7-8,11H2,1-2H3,(H,16,17). The molecule has 1 atom stereocenters. The van der Waals surface area contributed by atoms with Gasteiger partial charge in [0, 0.05) is 51.0 Å². The number of nitrogens with zero attached hydrogens (tertiary/aromatic N) is 4. The summed E-state index contributed by atoms with van der Waals surface area (Å²) in [6, 6.07) is 0.257. The molecule has 1 unspecified atom stereocenters. The Kier molecular flexibility index (Phi) is 5.61. The van der Waals surface area contributed by atoms with Crippen LogP contribution in [0.2, 0.25) is 0 Å². The molecule has 0 aliphatic carbocycles. The molecule has 0 saturated carbocycles. The molecule has 6 heteroatoms. The molecule has 0 fully saturated rings. The normalized spacial score (nSPS) is 12.5. The third-order valence-corrected chi connectivity index (χ3v) is 3.13. The van der Waals surface area contributed by atoms with Crippen LogP contribution in [-0.4, -0.2) is 38.9 Å². The van der Waals surface area contributed by atoms with E-state index >= 15 is 0 Å². The lowest BCUT2D eigenvalue weighted by atomic mass is 10.3. The Morgan fingerprint density at radius 3 is 2.85 bits per heavy atom. The number of methoxy groups -OCH3 is 1. The summed E-state index contributed by atoms with van der Waals surface area (Å²) in [5, 5.41) is 3.36. The van der Waals surface area contributed by atoms with Crippen LogP contribution in [0, 0.1) is 0 Å². The molecule has 2 heterocycles. The molecule has 1 N–H and O–H groups in total. The van der Waals surface area contributed by atoms with Crippen molar-refractivity contribution in [2.75, 3.05) is 19.0 Å². The van der Waals surface area contributed by atoms with Gasteiger partial charge in [-0.1, -0.05) is 0 Å². The highest BCUT2D eigenvalue weighted by Gasteiger charge is 2.06. The largest absolute Gasteiger partial charge is 0.383 e.